The van der Waals surface area contributed by atoms with Crippen LogP contribution in [0.5, 0.6) is 11.5 Å². The summed E-state index contributed by atoms with van der Waals surface area (Å²) in [5.74, 6) is 1.41. The zero-order valence-electron chi connectivity index (χ0n) is 15.3. The molecular formula is C20H21BrN4O3. The number of benzene rings is 2. The summed E-state index contributed by atoms with van der Waals surface area (Å²) in [5, 5.41) is 6.90. The Morgan fingerprint density at radius 3 is 2.82 bits per heavy atom. The molecule has 0 spiro atoms. The molecule has 0 saturated heterocycles. The van der Waals surface area contributed by atoms with E-state index in [9.17, 15) is 4.79 Å². The number of rotatable bonds is 10. The summed E-state index contributed by atoms with van der Waals surface area (Å²) in [6, 6.07) is 15.0. The molecule has 0 aliphatic heterocycles. The monoisotopic (exact) mass is 444 g/mol. The van der Waals surface area contributed by atoms with Crippen LogP contribution in [-0.2, 0) is 11.3 Å². The van der Waals surface area contributed by atoms with Crippen LogP contribution in [0, 0.1) is 0 Å². The average molecular weight is 445 g/mol. The van der Waals surface area contributed by atoms with Gasteiger partial charge in [0.15, 0.2) is 0 Å². The normalized spacial score (nSPS) is 10.5. The second-order valence-electron chi connectivity index (χ2n) is 5.97. The maximum Gasteiger partial charge on any atom is 0.224 e. The fourth-order valence-electron chi connectivity index (χ4n) is 2.47. The van der Waals surface area contributed by atoms with Crippen molar-refractivity contribution >= 4 is 27.5 Å². The van der Waals surface area contributed by atoms with Crippen molar-refractivity contribution in [1.29, 1.82) is 0 Å². The van der Waals surface area contributed by atoms with E-state index in [4.69, 9.17) is 9.47 Å². The number of anilines is 1. The highest BCUT2D eigenvalue weighted by atomic mass is 79.9. The van der Waals surface area contributed by atoms with Gasteiger partial charge in [-0.2, -0.15) is 5.10 Å². The number of carbonyl (C=O) groups is 1. The standard InChI is InChI=1S/C20H21BrN4O3/c21-18-7-1-2-8-19(18)28-11-4-9-20(26)24-16-5-3-6-17(13-16)27-12-10-25-15-22-14-23-25/h1-3,5-8,13-15H,4,9-12H2,(H,24,26). The number of ether oxygens (including phenoxy) is 2. The number of nitrogens with one attached hydrogen (secondary N) is 1. The van der Waals surface area contributed by atoms with Gasteiger partial charge in [-0.15, -0.1) is 0 Å². The Kier molecular flexibility index (Phi) is 7.43. The van der Waals surface area contributed by atoms with E-state index in [2.05, 4.69) is 31.3 Å². The molecule has 1 amide bonds. The van der Waals surface area contributed by atoms with E-state index in [1.807, 2.05) is 42.5 Å². The topological polar surface area (TPSA) is 78.3 Å². The molecule has 8 heteroatoms. The molecule has 28 heavy (non-hydrogen) atoms. The van der Waals surface area contributed by atoms with Crippen LogP contribution in [0.4, 0.5) is 5.69 Å². The van der Waals surface area contributed by atoms with Crippen LogP contribution in [0.1, 0.15) is 12.8 Å². The van der Waals surface area contributed by atoms with Crippen molar-refractivity contribution in [2.75, 3.05) is 18.5 Å². The first-order valence-electron chi connectivity index (χ1n) is 8.93. The third kappa shape index (κ3) is 6.38. The van der Waals surface area contributed by atoms with Crippen molar-refractivity contribution in [2.24, 2.45) is 0 Å². The third-order valence-electron chi connectivity index (χ3n) is 3.82. The Labute approximate surface area is 171 Å². The van der Waals surface area contributed by atoms with Crippen LogP contribution < -0.4 is 14.8 Å². The second-order valence-corrected chi connectivity index (χ2v) is 6.82. The first kappa shape index (κ1) is 19.9. The molecule has 7 nitrogen and oxygen atoms in total. The van der Waals surface area contributed by atoms with Crippen molar-refractivity contribution in [3.05, 3.63) is 65.7 Å². The highest BCUT2D eigenvalue weighted by molar-refractivity contribution is 9.10. The van der Waals surface area contributed by atoms with Gasteiger partial charge in [-0.05, 0) is 46.6 Å². The van der Waals surface area contributed by atoms with Gasteiger partial charge >= 0.3 is 0 Å². The smallest absolute Gasteiger partial charge is 0.224 e. The zero-order valence-corrected chi connectivity index (χ0v) is 16.8. The van der Waals surface area contributed by atoms with Crippen LogP contribution in [0.25, 0.3) is 0 Å². The molecule has 0 saturated carbocycles. The molecule has 1 aromatic heterocycles. The summed E-state index contributed by atoms with van der Waals surface area (Å²) in [5.41, 5.74) is 0.704. The number of carbonyl (C=O) groups excluding carboxylic acids is 1. The summed E-state index contributed by atoms with van der Waals surface area (Å²) in [7, 11) is 0. The fraction of sp³-hybridized carbons (Fsp3) is 0.250. The van der Waals surface area contributed by atoms with Crippen molar-refractivity contribution < 1.29 is 14.3 Å². The lowest BCUT2D eigenvalue weighted by atomic mass is 10.2. The average Bonchev–Trinajstić information content (AvgIpc) is 3.20. The van der Waals surface area contributed by atoms with Gasteiger partial charge in [-0.3, -0.25) is 4.79 Å². The first-order chi connectivity index (χ1) is 13.7. The minimum absolute atomic E-state index is 0.0597. The van der Waals surface area contributed by atoms with Crippen molar-refractivity contribution in [3.63, 3.8) is 0 Å². The lowest BCUT2D eigenvalue weighted by molar-refractivity contribution is -0.116. The molecule has 146 valence electrons. The van der Waals surface area contributed by atoms with Gasteiger partial charge in [0.25, 0.3) is 0 Å². The molecular weight excluding hydrogens is 424 g/mol. The van der Waals surface area contributed by atoms with E-state index in [1.54, 1.807) is 17.1 Å². The van der Waals surface area contributed by atoms with Gasteiger partial charge in [0.05, 0.1) is 17.6 Å². The van der Waals surface area contributed by atoms with E-state index < -0.39 is 0 Å². The zero-order chi connectivity index (χ0) is 19.6. The minimum atomic E-state index is -0.0597. The highest BCUT2D eigenvalue weighted by Gasteiger charge is 2.05. The van der Waals surface area contributed by atoms with Gasteiger partial charge in [-0.25, -0.2) is 9.67 Å². The summed E-state index contributed by atoms with van der Waals surface area (Å²) in [6.07, 6.45) is 4.13. The number of hydrogen-bond acceptors (Lipinski definition) is 5. The second kappa shape index (κ2) is 10.5. The van der Waals surface area contributed by atoms with Gasteiger partial charge in [-0.1, -0.05) is 18.2 Å². The van der Waals surface area contributed by atoms with Crippen molar-refractivity contribution in [3.8, 4) is 11.5 Å². The molecule has 0 fully saturated rings. The van der Waals surface area contributed by atoms with E-state index in [0.29, 0.717) is 44.0 Å². The lowest BCUT2D eigenvalue weighted by Crippen LogP contribution is -2.13. The Morgan fingerprint density at radius 2 is 2.00 bits per heavy atom. The van der Waals surface area contributed by atoms with Gasteiger partial charge in [0.2, 0.25) is 5.91 Å². The van der Waals surface area contributed by atoms with Gasteiger partial charge in [0.1, 0.15) is 30.8 Å². The van der Waals surface area contributed by atoms with Crippen LogP contribution in [0.15, 0.2) is 65.7 Å². The van der Waals surface area contributed by atoms with E-state index >= 15 is 0 Å². The number of halogens is 1. The maximum absolute atomic E-state index is 12.1. The molecule has 3 aromatic rings. The molecule has 0 aliphatic carbocycles. The fourth-order valence-corrected chi connectivity index (χ4v) is 2.87. The number of amides is 1. The Balaban J connectivity index is 1.38. The number of nitrogens with zero attached hydrogens (tertiary/aromatic N) is 3. The van der Waals surface area contributed by atoms with E-state index in [-0.39, 0.29) is 5.91 Å². The van der Waals surface area contributed by atoms with Crippen LogP contribution >= 0.6 is 15.9 Å². The lowest BCUT2D eigenvalue weighted by Gasteiger charge is -2.10. The molecule has 0 atom stereocenters. The number of hydrogen-bond donors (Lipinski definition) is 1. The predicted octanol–water partition coefficient (Wildman–Crippen LogP) is 3.92. The molecule has 2 aromatic carbocycles. The summed E-state index contributed by atoms with van der Waals surface area (Å²) < 4.78 is 14.0. The Morgan fingerprint density at radius 1 is 1.11 bits per heavy atom. The predicted molar refractivity (Wildman–Crippen MR) is 109 cm³/mol. The van der Waals surface area contributed by atoms with Crippen LogP contribution in [0.2, 0.25) is 0 Å². The maximum atomic E-state index is 12.1. The summed E-state index contributed by atoms with van der Waals surface area (Å²) in [6.45, 7) is 1.54. The first-order valence-corrected chi connectivity index (χ1v) is 9.72. The molecule has 3 rings (SSSR count). The van der Waals surface area contributed by atoms with Crippen LogP contribution in [0.3, 0.4) is 0 Å². The van der Waals surface area contributed by atoms with Crippen LogP contribution in [-0.4, -0.2) is 33.9 Å². The van der Waals surface area contributed by atoms with E-state index in [1.165, 1.54) is 6.33 Å². The highest BCUT2D eigenvalue weighted by Crippen LogP contribution is 2.24. The molecule has 0 radical (unpaired) electrons. The van der Waals surface area contributed by atoms with Crippen molar-refractivity contribution in [2.45, 2.75) is 19.4 Å². The SMILES string of the molecule is O=C(CCCOc1ccccc1Br)Nc1cccc(OCCn2cncn2)c1. The molecule has 0 bridgehead atoms. The summed E-state index contributed by atoms with van der Waals surface area (Å²) >= 11 is 3.43. The largest absolute Gasteiger partial charge is 0.492 e. The number of aromatic nitrogens is 3. The van der Waals surface area contributed by atoms with Gasteiger partial charge in [0, 0.05) is 18.2 Å². The summed E-state index contributed by atoms with van der Waals surface area (Å²) in [4.78, 5) is 16.0. The Bertz CT molecular complexity index is 887. The van der Waals surface area contributed by atoms with E-state index in [0.717, 1.165) is 10.2 Å². The molecule has 0 aliphatic rings. The third-order valence-corrected chi connectivity index (χ3v) is 4.47. The molecule has 0 unspecified atom stereocenters. The molecule has 1 N–H and O–H groups in total. The quantitative estimate of drug-likeness (QED) is 0.479. The van der Waals surface area contributed by atoms with Gasteiger partial charge < -0.3 is 14.8 Å². The minimum Gasteiger partial charge on any atom is -0.492 e. The Hall–Kier alpha value is -2.87. The number of para-hydroxylation sites is 1. The molecule has 1 heterocycles. The van der Waals surface area contributed by atoms with Crippen molar-refractivity contribution in [1.82, 2.24) is 14.8 Å².